The Morgan fingerprint density at radius 1 is 1.25 bits per heavy atom. The fourth-order valence-corrected chi connectivity index (χ4v) is 5.98. The molecule has 3 aromatic heterocycles. The van der Waals surface area contributed by atoms with E-state index in [9.17, 15) is 0 Å². The minimum atomic E-state index is 0.406. The maximum atomic E-state index is 6.14. The molecule has 0 spiro atoms. The van der Waals surface area contributed by atoms with Gasteiger partial charge < -0.3 is 22.0 Å². The van der Waals surface area contributed by atoms with Crippen molar-refractivity contribution < 1.29 is 0 Å². The summed E-state index contributed by atoms with van der Waals surface area (Å²) in [5.74, 6) is 12.7. The van der Waals surface area contributed by atoms with Crippen LogP contribution in [0.2, 0.25) is 0 Å². The highest BCUT2D eigenvalue weighted by Crippen LogP contribution is 2.45. The number of nitrogens with one attached hydrogen (secondary N) is 2. The van der Waals surface area contributed by atoms with Crippen LogP contribution < -0.4 is 22.5 Å². The Morgan fingerprint density at radius 2 is 1.96 bits per heavy atom. The summed E-state index contributed by atoms with van der Waals surface area (Å²) in [5, 5.41) is 8.67. The van der Waals surface area contributed by atoms with E-state index in [2.05, 4.69) is 42.2 Å². The van der Waals surface area contributed by atoms with Gasteiger partial charge in [-0.1, -0.05) is 13.8 Å². The van der Waals surface area contributed by atoms with Crippen molar-refractivity contribution >= 4 is 21.6 Å². The van der Waals surface area contributed by atoms with Crippen LogP contribution in [0.5, 0.6) is 0 Å². The van der Waals surface area contributed by atoms with Crippen LogP contribution in [0, 0.1) is 13.8 Å². The molecule has 28 heavy (non-hydrogen) atoms. The number of aromatic nitrogens is 2. The fraction of sp³-hybridized carbons (Fsp3) is 0.476. The predicted molar refractivity (Wildman–Crippen MR) is 118 cm³/mol. The van der Waals surface area contributed by atoms with Gasteiger partial charge in [0, 0.05) is 22.0 Å². The Labute approximate surface area is 169 Å². The Kier molecular flexibility index (Phi) is 4.97. The maximum absolute atomic E-state index is 6.14. The standard InChI is InChI=1S/C21H30N6S/c1-11(2)16-17-13(4)19(14-5-7-24-8-6-14)28-21(17)25-18(16)15-9-12(3)20(26-22)27(23)10-15/h9-11,14,24-25H,5-8,22-23H2,1-4H3/b26-20-. The number of pyridine rings is 1. The number of aromatic amines is 1. The van der Waals surface area contributed by atoms with E-state index in [-0.39, 0.29) is 0 Å². The van der Waals surface area contributed by atoms with Gasteiger partial charge in [-0.25, -0.2) is 0 Å². The van der Waals surface area contributed by atoms with Crippen molar-refractivity contribution in [1.82, 2.24) is 15.0 Å². The summed E-state index contributed by atoms with van der Waals surface area (Å²) in [6.07, 6.45) is 4.36. The van der Waals surface area contributed by atoms with Gasteiger partial charge in [-0.2, -0.15) is 5.10 Å². The van der Waals surface area contributed by atoms with Gasteiger partial charge in [0.15, 0.2) is 5.49 Å². The monoisotopic (exact) mass is 398 g/mol. The average molecular weight is 399 g/mol. The van der Waals surface area contributed by atoms with E-state index in [1.807, 2.05) is 24.5 Å². The molecule has 0 amide bonds. The van der Waals surface area contributed by atoms with Crippen molar-refractivity contribution in [2.24, 2.45) is 10.9 Å². The highest BCUT2D eigenvalue weighted by atomic mass is 32.1. The number of nitrogens with two attached hydrogens (primary N) is 2. The molecule has 0 aromatic carbocycles. The average Bonchev–Trinajstić information content (AvgIpc) is 3.19. The molecule has 0 aliphatic carbocycles. The van der Waals surface area contributed by atoms with Gasteiger partial charge in [0.1, 0.15) is 4.83 Å². The number of nitrogens with zero attached hydrogens (tertiary/aromatic N) is 2. The van der Waals surface area contributed by atoms with E-state index in [1.165, 1.54) is 38.9 Å². The summed E-state index contributed by atoms with van der Waals surface area (Å²) >= 11 is 1.93. The number of aryl methyl sites for hydroxylation is 2. The topological polar surface area (TPSA) is 97.1 Å². The first-order valence-corrected chi connectivity index (χ1v) is 10.8. The molecule has 4 heterocycles. The number of rotatable bonds is 3. The molecule has 6 nitrogen and oxygen atoms in total. The molecule has 0 atom stereocenters. The van der Waals surface area contributed by atoms with Crippen molar-refractivity contribution in [2.45, 2.75) is 52.4 Å². The molecule has 1 aliphatic heterocycles. The van der Waals surface area contributed by atoms with Gasteiger partial charge in [0.05, 0.1) is 5.69 Å². The van der Waals surface area contributed by atoms with Crippen LogP contribution in [0.25, 0.3) is 21.5 Å². The molecule has 3 aromatic rings. The lowest BCUT2D eigenvalue weighted by Crippen LogP contribution is -2.30. The summed E-state index contributed by atoms with van der Waals surface area (Å²) in [5.41, 5.74) is 6.60. The van der Waals surface area contributed by atoms with Crippen molar-refractivity contribution in [3.63, 3.8) is 0 Å². The van der Waals surface area contributed by atoms with Gasteiger partial charge in [0.25, 0.3) is 0 Å². The molecular formula is C21H30N6S. The van der Waals surface area contributed by atoms with E-state index >= 15 is 0 Å². The van der Waals surface area contributed by atoms with Crippen LogP contribution in [-0.2, 0) is 0 Å². The quantitative estimate of drug-likeness (QED) is 0.402. The predicted octanol–water partition coefficient (Wildman–Crippen LogP) is 3.39. The van der Waals surface area contributed by atoms with Crippen LogP contribution in [-0.4, -0.2) is 22.7 Å². The smallest absolute Gasteiger partial charge is 0.173 e. The fourth-order valence-electron chi connectivity index (χ4n) is 4.58. The molecule has 1 saturated heterocycles. The number of thiophene rings is 1. The van der Waals surface area contributed by atoms with Gasteiger partial charge >= 0.3 is 0 Å². The summed E-state index contributed by atoms with van der Waals surface area (Å²) < 4.78 is 1.51. The van der Waals surface area contributed by atoms with Crippen LogP contribution in [0.1, 0.15) is 60.1 Å². The SMILES string of the molecule is Cc1cc(-c2[nH]c3sc(C4CCNCC4)c(C)c3c2C(C)C)cn(N)/c1=N\N. The maximum Gasteiger partial charge on any atom is 0.173 e. The van der Waals surface area contributed by atoms with Crippen molar-refractivity contribution in [1.29, 1.82) is 0 Å². The first-order chi connectivity index (χ1) is 13.4. The number of hydrogen-bond acceptors (Lipinski definition) is 5. The summed E-state index contributed by atoms with van der Waals surface area (Å²) in [7, 11) is 0. The van der Waals surface area contributed by atoms with Crippen molar-refractivity contribution in [3.8, 4) is 11.3 Å². The zero-order valence-electron chi connectivity index (χ0n) is 17.1. The summed E-state index contributed by atoms with van der Waals surface area (Å²) in [6.45, 7) is 11.0. The zero-order chi connectivity index (χ0) is 20.0. The number of hydrogen-bond donors (Lipinski definition) is 4. The molecule has 6 N–H and O–H groups in total. The molecule has 150 valence electrons. The van der Waals surface area contributed by atoms with Crippen LogP contribution >= 0.6 is 11.3 Å². The number of H-pyrrole nitrogens is 1. The molecule has 1 aliphatic rings. The second-order valence-electron chi connectivity index (χ2n) is 8.16. The second-order valence-corrected chi connectivity index (χ2v) is 9.21. The third-order valence-corrected chi connectivity index (χ3v) is 7.28. The Hall–Kier alpha value is -2.25. The summed E-state index contributed by atoms with van der Waals surface area (Å²) in [4.78, 5) is 6.56. The second kappa shape index (κ2) is 7.29. The zero-order valence-corrected chi connectivity index (χ0v) is 17.9. The van der Waals surface area contributed by atoms with E-state index in [0.29, 0.717) is 17.3 Å². The first kappa shape index (κ1) is 19.1. The Bertz CT molecular complexity index is 1050. The number of nitrogen functional groups attached to an aromatic ring is 1. The van der Waals surface area contributed by atoms with Crippen molar-refractivity contribution in [3.05, 3.63) is 39.3 Å². The van der Waals surface area contributed by atoms with Crippen LogP contribution in [0.3, 0.4) is 0 Å². The molecule has 4 rings (SSSR count). The first-order valence-electron chi connectivity index (χ1n) is 10.0. The third kappa shape index (κ3) is 3.02. The Balaban J connectivity index is 1.90. The molecule has 0 bridgehead atoms. The van der Waals surface area contributed by atoms with Gasteiger partial charge in [-0.15, -0.1) is 11.3 Å². The van der Waals surface area contributed by atoms with E-state index < -0.39 is 0 Å². The normalized spacial score (nSPS) is 16.5. The van der Waals surface area contributed by atoms with Crippen molar-refractivity contribution in [2.75, 3.05) is 18.9 Å². The van der Waals surface area contributed by atoms with E-state index in [0.717, 1.165) is 29.9 Å². The van der Waals surface area contributed by atoms with Gasteiger partial charge in [-0.05, 0) is 74.4 Å². The molecule has 0 radical (unpaired) electrons. The molecule has 0 saturated carbocycles. The van der Waals surface area contributed by atoms with E-state index in [1.54, 1.807) is 4.88 Å². The molecule has 0 unspecified atom stereocenters. The minimum Gasteiger partial charge on any atom is -0.346 e. The lowest BCUT2D eigenvalue weighted by atomic mass is 9.91. The number of fused-ring (bicyclic) bond motifs is 1. The van der Waals surface area contributed by atoms with Gasteiger partial charge in [-0.3, -0.25) is 4.68 Å². The van der Waals surface area contributed by atoms with Crippen LogP contribution in [0.4, 0.5) is 0 Å². The minimum absolute atomic E-state index is 0.406. The lowest BCUT2D eigenvalue weighted by molar-refractivity contribution is 0.464. The molecule has 1 fully saturated rings. The lowest BCUT2D eigenvalue weighted by Gasteiger charge is -2.22. The number of piperidine rings is 1. The molecular weight excluding hydrogens is 368 g/mol. The Morgan fingerprint density at radius 3 is 2.57 bits per heavy atom. The van der Waals surface area contributed by atoms with Crippen LogP contribution in [0.15, 0.2) is 17.4 Å². The highest BCUT2D eigenvalue weighted by molar-refractivity contribution is 7.19. The van der Waals surface area contributed by atoms with Gasteiger partial charge in [0.2, 0.25) is 0 Å². The third-order valence-electron chi connectivity index (χ3n) is 5.91. The highest BCUT2D eigenvalue weighted by Gasteiger charge is 2.26. The molecule has 7 heteroatoms. The van der Waals surface area contributed by atoms with E-state index in [4.69, 9.17) is 11.7 Å². The largest absolute Gasteiger partial charge is 0.346 e. The summed E-state index contributed by atoms with van der Waals surface area (Å²) in [6, 6.07) is 2.11.